The minimum atomic E-state index is -1.48. The van der Waals surface area contributed by atoms with Gasteiger partial charge < -0.3 is 45.4 Å². The number of rotatable bonds is 16. The zero-order chi connectivity index (χ0) is 63.9. The molecule has 0 bridgehead atoms. The second-order valence-corrected chi connectivity index (χ2v) is 26.0. The summed E-state index contributed by atoms with van der Waals surface area (Å²) in [6.07, 6.45) is 5.50. The molecule has 13 rings (SSSR count). The monoisotopic (exact) mass is 1290 g/mol. The van der Waals surface area contributed by atoms with Crippen LogP contribution in [0.1, 0.15) is 87.3 Å². The van der Waals surface area contributed by atoms with Crippen LogP contribution in [0.15, 0.2) is 103 Å². The van der Waals surface area contributed by atoms with Crippen LogP contribution in [0.4, 0.5) is 10.1 Å². The highest BCUT2D eigenvalue weighted by atomic mass is 35.5. The number of ether oxygens (including phenoxy) is 1. The maximum absolute atomic E-state index is 16.2. The SMILES string of the molecule is Cn1ncc2cc(F)c(-c3cccc4c3c(C3CCN(C(=O)CC5CCN(C(=O)[C@@H]6CCCN6C(=O)C6(Oc7ccccc7-c7nc8cccc(Cl)c8s7)CCN(C(=O)[C@H]7CC(=O)Nc8ccccc87)CC6)CC5)CC3)nn4CC(=O)NCC(=O)NCC(=O)O)cc21. The van der Waals surface area contributed by atoms with Crippen molar-refractivity contribution in [2.45, 2.75) is 94.2 Å². The van der Waals surface area contributed by atoms with Crippen LogP contribution in [-0.4, -0.2) is 167 Å². The minimum Gasteiger partial charge on any atom is -0.480 e. The molecule has 3 aromatic heterocycles. The van der Waals surface area contributed by atoms with E-state index in [1.165, 1.54) is 22.1 Å². The van der Waals surface area contributed by atoms with E-state index in [4.69, 9.17) is 31.5 Å². The number of likely N-dealkylation sites (tertiary alicyclic amines) is 4. The zero-order valence-electron chi connectivity index (χ0n) is 50.6. The molecule has 5 aliphatic rings. The van der Waals surface area contributed by atoms with Gasteiger partial charge in [0.1, 0.15) is 35.7 Å². The molecule has 4 N–H and O–H groups in total. The van der Waals surface area contributed by atoms with E-state index in [1.54, 1.807) is 52.0 Å². The normalized spacial score (nSPS) is 18.7. The first-order valence-electron chi connectivity index (χ1n) is 31.2. The number of hydrogen-bond donors (Lipinski definition) is 4. The number of para-hydroxylation sites is 2. The number of carboxylic acid groups (broad SMARTS) is 1. The number of carbonyl (C=O) groups excluding carboxylic acids is 7. The quantitative estimate of drug-likeness (QED) is 0.0719. The van der Waals surface area contributed by atoms with Crippen LogP contribution in [0.3, 0.4) is 0 Å². The van der Waals surface area contributed by atoms with Gasteiger partial charge in [-0.15, -0.1) is 11.3 Å². The molecule has 22 nitrogen and oxygen atoms in total. The Labute approximate surface area is 537 Å². The highest BCUT2D eigenvalue weighted by Crippen LogP contribution is 2.44. The van der Waals surface area contributed by atoms with Crippen LogP contribution in [0.2, 0.25) is 5.02 Å². The highest BCUT2D eigenvalue weighted by molar-refractivity contribution is 7.22. The van der Waals surface area contributed by atoms with Gasteiger partial charge in [0, 0.05) is 106 Å². The number of thiazole rings is 1. The van der Waals surface area contributed by atoms with Gasteiger partial charge in [-0.3, -0.25) is 47.7 Å². The van der Waals surface area contributed by atoms with Gasteiger partial charge in [-0.25, -0.2) is 9.37 Å². The lowest BCUT2D eigenvalue weighted by atomic mass is 9.85. The van der Waals surface area contributed by atoms with Crippen molar-refractivity contribution in [3.8, 4) is 27.4 Å². The molecule has 0 saturated carbocycles. The first-order chi connectivity index (χ1) is 44.5. The van der Waals surface area contributed by atoms with Gasteiger partial charge >= 0.3 is 5.97 Å². The van der Waals surface area contributed by atoms with E-state index < -0.39 is 54.3 Å². The molecule has 25 heteroatoms. The molecular weight excluding hydrogens is 1220 g/mol. The molecule has 92 heavy (non-hydrogen) atoms. The number of aliphatic carboxylic acids is 1. The number of carboxylic acids is 1. The molecule has 8 aromatic rings. The predicted molar refractivity (Wildman–Crippen MR) is 342 cm³/mol. The van der Waals surface area contributed by atoms with Crippen LogP contribution in [0.25, 0.3) is 53.7 Å². The molecule has 8 heterocycles. The van der Waals surface area contributed by atoms with Crippen LogP contribution >= 0.6 is 22.9 Å². The summed E-state index contributed by atoms with van der Waals surface area (Å²) < 4.78 is 27.3. The maximum atomic E-state index is 16.2. The Hall–Kier alpha value is -9.29. The minimum absolute atomic E-state index is 0.00390. The molecule has 0 spiro atoms. The molecule has 0 radical (unpaired) electrons. The van der Waals surface area contributed by atoms with Crippen molar-refractivity contribution in [2.24, 2.45) is 13.0 Å². The number of aryl methyl sites for hydroxylation is 1. The van der Waals surface area contributed by atoms with E-state index in [9.17, 15) is 33.6 Å². The predicted octanol–water partition coefficient (Wildman–Crippen LogP) is 7.87. The van der Waals surface area contributed by atoms with Gasteiger partial charge in [0.15, 0.2) is 5.60 Å². The van der Waals surface area contributed by atoms with Crippen molar-refractivity contribution in [2.75, 3.05) is 64.2 Å². The van der Waals surface area contributed by atoms with Gasteiger partial charge in [-0.2, -0.15) is 10.2 Å². The van der Waals surface area contributed by atoms with Crippen LogP contribution in [0.5, 0.6) is 5.75 Å². The second kappa shape index (κ2) is 25.8. The fourth-order valence-corrected chi connectivity index (χ4v) is 15.3. The lowest BCUT2D eigenvalue weighted by Gasteiger charge is -2.44. The average Bonchev–Trinajstić information content (AvgIpc) is 1.50. The Bertz CT molecular complexity index is 4260. The number of benzene rings is 5. The van der Waals surface area contributed by atoms with E-state index in [0.717, 1.165) is 21.3 Å². The first-order valence-corrected chi connectivity index (χ1v) is 32.4. The van der Waals surface area contributed by atoms with E-state index in [2.05, 4.69) is 21.0 Å². The fourth-order valence-electron chi connectivity index (χ4n) is 14.0. The van der Waals surface area contributed by atoms with E-state index in [-0.39, 0.29) is 80.3 Å². The number of carbonyl (C=O) groups is 8. The maximum Gasteiger partial charge on any atom is 0.322 e. The number of halogens is 2. The average molecular weight is 1290 g/mol. The summed E-state index contributed by atoms with van der Waals surface area (Å²) >= 11 is 8.04. The van der Waals surface area contributed by atoms with Crippen molar-refractivity contribution < 1.29 is 52.6 Å². The number of nitrogens with zero attached hydrogens (tertiary/aromatic N) is 9. The summed E-state index contributed by atoms with van der Waals surface area (Å²) in [5.74, 6) is -4.22. The van der Waals surface area contributed by atoms with Crippen LogP contribution in [0, 0.1) is 11.7 Å². The van der Waals surface area contributed by atoms with Crippen molar-refractivity contribution >= 4 is 108 Å². The van der Waals surface area contributed by atoms with Crippen LogP contribution in [-0.2, 0) is 51.9 Å². The standard InChI is InChI=1S/C67H68ClFN12O10S/c1-76-53-33-45(48(69)32-41(53)35-72-76)43-11-6-15-51-60(43)61(75-81(51)38-57(84)70-36-56(83)71-37-59(86)87)40-20-27-77(28-21-40)58(85)31-39-18-25-78(26-19-39)65(89)52-16-8-24-80(52)66(90)67(91-54-17-5-3-10-44(54)63-74-50-14-7-12-47(68)62(50)92-63)22-29-79(30-23-67)64(88)46-34-55(82)73-49-13-4-2-9-42(46)49/h2-7,9-15,17,32-33,35,39-40,46,52H,8,16,18-31,34,36-38H2,1H3,(H,70,84)(H,71,83)(H,73,82)(H,86,87)/t46-,52-/m0/s1. The van der Waals surface area contributed by atoms with Gasteiger partial charge in [0.25, 0.3) is 5.91 Å². The summed E-state index contributed by atoms with van der Waals surface area (Å²) in [6.45, 7) is 1.05. The Morgan fingerprint density at radius 1 is 0.772 bits per heavy atom. The van der Waals surface area contributed by atoms with Crippen molar-refractivity contribution in [1.82, 2.24) is 54.8 Å². The third-order valence-electron chi connectivity index (χ3n) is 18.9. The first kappa shape index (κ1) is 61.6. The van der Waals surface area contributed by atoms with Crippen LogP contribution < -0.4 is 20.7 Å². The van der Waals surface area contributed by atoms with E-state index >= 15 is 9.18 Å². The smallest absolute Gasteiger partial charge is 0.322 e. The summed E-state index contributed by atoms with van der Waals surface area (Å²) in [7, 11) is 1.78. The highest BCUT2D eigenvalue weighted by Gasteiger charge is 2.52. The molecule has 7 amide bonds. The molecule has 0 aliphatic carbocycles. The number of hydrogen-bond acceptors (Lipinski definition) is 13. The zero-order valence-corrected chi connectivity index (χ0v) is 52.1. The number of piperidine rings is 3. The lowest BCUT2D eigenvalue weighted by Crippen LogP contribution is -2.61. The Morgan fingerprint density at radius 3 is 2.27 bits per heavy atom. The summed E-state index contributed by atoms with van der Waals surface area (Å²) in [4.78, 5) is 120. The second-order valence-electron chi connectivity index (χ2n) is 24.6. The van der Waals surface area contributed by atoms with Gasteiger partial charge in [-0.1, -0.05) is 60.1 Å². The molecule has 4 saturated heterocycles. The number of fused-ring (bicyclic) bond motifs is 4. The topological polar surface area (TPSA) is 264 Å². The Morgan fingerprint density at radius 2 is 1.49 bits per heavy atom. The largest absolute Gasteiger partial charge is 0.480 e. The van der Waals surface area contributed by atoms with Gasteiger partial charge in [-0.05, 0) is 104 Å². The van der Waals surface area contributed by atoms with Gasteiger partial charge in [0.05, 0.1) is 56.2 Å². The summed E-state index contributed by atoms with van der Waals surface area (Å²) in [6, 6.07) is 28.1. The molecular formula is C67H68ClFN12O10S. The van der Waals surface area contributed by atoms with Crippen molar-refractivity contribution in [1.29, 1.82) is 0 Å². The van der Waals surface area contributed by atoms with E-state index in [1.807, 2.05) is 76.5 Å². The summed E-state index contributed by atoms with van der Waals surface area (Å²) in [5, 5.41) is 28.4. The number of aromatic nitrogens is 5. The molecule has 476 valence electrons. The van der Waals surface area contributed by atoms with Gasteiger partial charge in [0.2, 0.25) is 35.4 Å². The molecule has 5 aliphatic heterocycles. The summed E-state index contributed by atoms with van der Waals surface area (Å²) in [5.41, 5.74) is 4.11. The number of nitrogens with one attached hydrogen (secondary N) is 3. The van der Waals surface area contributed by atoms with Crippen molar-refractivity contribution in [3.63, 3.8) is 0 Å². The third-order valence-corrected chi connectivity index (χ3v) is 20.5. The Balaban J connectivity index is 0.673. The lowest BCUT2D eigenvalue weighted by molar-refractivity contribution is -0.160. The Kier molecular flexibility index (Phi) is 17.2. The molecule has 4 fully saturated rings. The molecule has 0 unspecified atom stereocenters. The third kappa shape index (κ3) is 12.2. The van der Waals surface area contributed by atoms with E-state index in [0.29, 0.717) is 138 Å². The number of amides is 7. The fraction of sp³-hybridized carbons (Fsp3) is 0.388. The molecule has 2 atom stereocenters. The van der Waals surface area contributed by atoms with Crippen molar-refractivity contribution in [3.05, 3.63) is 125 Å². The number of anilines is 1. The molecule has 5 aromatic carbocycles.